The number of rotatable bonds is 3. The Morgan fingerprint density at radius 1 is 1.11 bits per heavy atom. The van der Waals surface area contributed by atoms with Crippen molar-refractivity contribution in [2.45, 2.75) is 37.6 Å². The summed E-state index contributed by atoms with van der Waals surface area (Å²) in [6.07, 6.45) is 3.36. The molecule has 27 heavy (non-hydrogen) atoms. The zero-order valence-electron chi connectivity index (χ0n) is 16.2. The van der Waals surface area contributed by atoms with E-state index < -0.39 is 0 Å². The standard InChI is InChI=1S/C20H27N3O3S/c1-14-12-22(20(26)16-8-10-21(11-9-16)15(2)24)13-19(25)23(14)17-6-4-5-7-18(17)27-3/h4-7,14,16H,8-13H2,1-3H3/t14-/m0/s1. The van der Waals surface area contributed by atoms with Gasteiger partial charge in [-0.25, -0.2) is 0 Å². The van der Waals surface area contributed by atoms with Crippen LogP contribution in [0, 0.1) is 5.92 Å². The third-order valence-corrected chi connectivity index (χ3v) is 6.25. The van der Waals surface area contributed by atoms with Crippen LogP contribution in [0.25, 0.3) is 0 Å². The first-order valence-electron chi connectivity index (χ1n) is 9.41. The largest absolute Gasteiger partial charge is 0.343 e. The summed E-state index contributed by atoms with van der Waals surface area (Å²) in [5.74, 6) is -0.0163. The lowest BCUT2D eigenvalue weighted by Crippen LogP contribution is -2.58. The number of amides is 3. The van der Waals surface area contributed by atoms with Gasteiger partial charge in [-0.1, -0.05) is 12.1 Å². The van der Waals surface area contributed by atoms with Crippen molar-refractivity contribution in [3.05, 3.63) is 24.3 Å². The second kappa shape index (κ2) is 8.33. The van der Waals surface area contributed by atoms with Crippen LogP contribution in [0.5, 0.6) is 0 Å². The van der Waals surface area contributed by atoms with Gasteiger partial charge in [0.05, 0.1) is 11.7 Å². The third kappa shape index (κ3) is 4.13. The molecule has 1 aromatic rings. The molecule has 0 saturated carbocycles. The molecule has 7 heteroatoms. The maximum Gasteiger partial charge on any atom is 0.246 e. The number of carbonyl (C=O) groups excluding carboxylic acids is 3. The van der Waals surface area contributed by atoms with Crippen molar-refractivity contribution in [2.24, 2.45) is 5.92 Å². The van der Waals surface area contributed by atoms with Crippen molar-refractivity contribution in [3.63, 3.8) is 0 Å². The zero-order valence-corrected chi connectivity index (χ0v) is 17.0. The van der Waals surface area contributed by atoms with Gasteiger partial charge >= 0.3 is 0 Å². The number of nitrogens with zero attached hydrogens (tertiary/aromatic N) is 3. The van der Waals surface area contributed by atoms with Crippen molar-refractivity contribution in [1.82, 2.24) is 9.80 Å². The Labute approximate surface area is 164 Å². The van der Waals surface area contributed by atoms with Gasteiger partial charge in [0.15, 0.2) is 0 Å². The Morgan fingerprint density at radius 3 is 2.37 bits per heavy atom. The summed E-state index contributed by atoms with van der Waals surface area (Å²) in [5, 5.41) is 0. The molecule has 0 N–H and O–H groups in total. The highest BCUT2D eigenvalue weighted by Gasteiger charge is 2.37. The number of carbonyl (C=O) groups is 3. The van der Waals surface area contributed by atoms with E-state index in [0.29, 0.717) is 32.5 Å². The van der Waals surface area contributed by atoms with Gasteiger partial charge in [-0.15, -0.1) is 11.8 Å². The number of piperazine rings is 1. The van der Waals surface area contributed by atoms with E-state index in [9.17, 15) is 14.4 Å². The van der Waals surface area contributed by atoms with E-state index in [1.54, 1.807) is 28.5 Å². The van der Waals surface area contributed by atoms with E-state index in [1.807, 2.05) is 42.3 Å². The molecule has 2 saturated heterocycles. The molecule has 0 radical (unpaired) electrons. The summed E-state index contributed by atoms with van der Waals surface area (Å²) in [4.78, 5) is 43.7. The van der Waals surface area contributed by atoms with Gasteiger partial charge in [-0.2, -0.15) is 0 Å². The molecule has 1 aromatic carbocycles. The minimum Gasteiger partial charge on any atom is -0.343 e. The summed E-state index contributed by atoms with van der Waals surface area (Å²) < 4.78 is 0. The second-order valence-corrected chi connectivity index (χ2v) is 8.13. The quantitative estimate of drug-likeness (QED) is 0.744. The number of likely N-dealkylation sites (tertiary alicyclic amines) is 1. The summed E-state index contributed by atoms with van der Waals surface area (Å²) in [5.41, 5.74) is 0.921. The maximum absolute atomic E-state index is 12.9. The van der Waals surface area contributed by atoms with Crippen molar-refractivity contribution >= 4 is 35.2 Å². The van der Waals surface area contributed by atoms with Crippen LogP contribution in [0.1, 0.15) is 26.7 Å². The smallest absolute Gasteiger partial charge is 0.246 e. The summed E-state index contributed by atoms with van der Waals surface area (Å²) in [6, 6.07) is 7.82. The predicted molar refractivity (Wildman–Crippen MR) is 107 cm³/mol. The number of hydrogen-bond acceptors (Lipinski definition) is 4. The summed E-state index contributed by atoms with van der Waals surface area (Å²) in [6.45, 7) is 5.46. The van der Waals surface area contributed by atoms with Crippen LogP contribution in [0.15, 0.2) is 29.2 Å². The lowest BCUT2D eigenvalue weighted by molar-refractivity contribution is -0.143. The third-order valence-electron chi connectivity index (χ3n) is 5.47. The van der Waals surface area contributed by atoms with Crippen LogP contribution in [0.4, 0.5) is 5.69 Å². The molecule has 0 bridgehead atoms. The van der Waals surface area contributed by atoms with Crippen molar-refractivity contribution < 1.29 is 14.4 Å². The van der Waals surface area contributed by atoms with Gasteiger partial charge in [-0.3, -0.25) is 14.4 Å². The fourth-order valence-corrected chi connectivity index (χ4v) is 4.61. The van der Waals surface area contributed by atoms with Crippen molar-refractivity contribution in [2.75, 3.05) is 37.3 Å². The van der Waals surface area contributed by atoms with E-state index in [1.165, 1.54) is 0 Å². The van der Waals surface area contributed by atoms with Crippen LogP contribution < -0.4 is 4.90 Å². The highest BCUT2D eigenvalue weighted by Crippen LogP contribution is 2.32. The molecule has 0 spiro atoms. The summed E-state index contributed by atoms with van der Waals surface area (Å²) in [7, 11) is 0. The molecule has 3 amide bonds. The Morgan fingerprint density at radius 2 is 1.78 bits per heavy atom. The number of para-hydroxylation sites is 1. The molecule has 2 aliphatic heterocycles. The molecule has 0 aromatic heterocycles. The molecule has 3 rings (SSSR count). The maximum atomic E-state index is 12.9. The first-order valence-corrected chi connectivity index (χ1v) is 10.6. The van der Waals surface area contributed by atoms with E-state index in [2.05, 4.69) is 0 Å². The van der Waals surface area contributed by atoms with E-state index >= 15 is 0 Å². The Hall–Kier alpha value is -2.02. The SMILES string of the molecule is CSc1ccccc1N1C(=O)CN(C(=O)C2CCN(C(C)=O)CC2)C[C@@H]1C. The fourth-order valence-electron chi connectivity index (χ4n) is 4.02. The monoisotopic (exact) mass is 389 g/mol. The van der Waals surface area contributed by atoms with E-state index in [-0.39, 0.29) is 36.2 Å². The van der Waals surface area contributed by atoms with E-state index in [0.717, 1.165) is 10.6 Å². The van der Waals surface area contributed by atoms with Crippen LogP contribution in [-0.2, 0) is 14.4 Å². The molecule has 6 nitrogen and oxygen atoms in total. The van der Waals surface area contributed by atoms with E-state index in [4.69, 9.17) is 0 Å². The molecule has 2 aliphatic rings. The predicted octanol–water partition coefficient (Wildman–Crippen LogP) is 2.23. The van der Waals surface area contributed by atoms with Crippen LogP contribution >= 0.6 is 11.8 Å². The molecule has 2 heterocycles. The lowest BCUT2D eigenvalue weighted by Gasteiger charge is -2.42. The number of thioether (sulfide) groups is 1. The highest BCUT2D eigenvalue weighted by atomic mass is 32.2. The number of benzene rings is 1. The van der Waals surface area contributed by atoms with Crippen LogP contribution in [0.3, 0.4) is 0 Å². The molecule has 2 fully saturated rings. The second-order valence-electron chi connectivity index (χ2n) is 7.28. The first kappa shape index (κ1) is 19.7. The number of anilines is 1. The van der Waals surface area contributed by atoms with Crippen molar-refractivity contribution in [1.29, 1.82) is 0 Å². The van der Waals surface area contributed by atoms with Gasteiger partial charge < -0.3 is 14.7 Å². The van der Waals surface area contributed by atoms with Gasteiger partial charge in [-0.05, 0) is 38.2 Å². The van der Waals surface area contributed by atoms with Gasteiger partial charge in [0, 0.05) is 37.4 Å². The molecule has 146 valence electrons. The van der Waals surface area contributed by atoms with Crippen molar-refractivity contribution in [3.8, 4) is 0 Å². The van der Waals surface area contributed by atoms with Gasteiger partial charge in [0.25, 0.3) is 0 Å². The lowest BCUT2D eigenvalue weighted by atomic mass is 9.94. The first-order chi connectivity index (χ1) is 12.9. The molecule has 0 aliphatic carbocycles. The van der Waals surface area contributed by atoms with Crippen LogP contribution in [-0.4, -0.2) is 66.0 Å². The number of piperidine rings is 1. The molecule has 0 unspecified atom stereocenters. The molecular weight excluding hydrogens is 362 g/mol. The van der Waals surface area contributed by atoms with Gasteiger partial charge in [0.1, 0.15) is 6.54 Å². The van der Waals surface area contributed by atoms with Crippen LogP contribution in [0.2, 0.25) is 0 Å². The minimum atomic E-state index is -0.0920. The summed E-state index contributed by atoms with van der Waals surface area (Å²) >= 11 is 1.62. The normalized spacial score (nSPS) is 21.5. The Kier molecular flexibility index (Phi) is 6.09. The Balaban J connectivity index is 1.67. The molecular formula is C20H27N3O3S. The molecule has 1 atom stereocenters. The average molecular weight is 390 g/mol. The van der Waals surface area contributed by atoms with Gasteiger partial charge in [0.2, 0.25) is 17.7 Å². The zero-order chi connectivity index (χ0) is 19.6. The fraction of sp³-hybridized carbons (Fsp3) is 0.550. The minimum absolute atomic E-state index is 0.0372. The number of hydrogen-bond donors (Lipinski definition) is 0. The highest BCUT2D eigenvalue weighted by molar-refractivity contribution is 7.98. The topological polar surface area (TPSA) is 60.9 Å². The Bertz CT molecular complexity index is 731. The average Bonchev–Trinajstić information content (AvgIpc) is 2.67.